The van der Waals surface area contributed by atoms with Crippen molar-refractivity contribution in [2.45, 2.75) is 37.7 Å². The summed E-state index contributed by atoms with van der Waals surface area (Å²) in [5, 5.41) is 0. The molecule has 2 bridgehead atoms. The Morgan fingerprint density at radius 2 is 2.16 bits per heavy atom. The van der Waals surface area contributed by atoms with Gasteiger partial charge >= 0.3 is 0 Å². The van der Waals surface area contributed by atoms with E-state index in [2.05, 4.69) is 4.98 Å². The van der Waals surface area contributed by atoms with Crippen molar-refractivity contribution in [3.8, 4) is 0 Å². The lowest BCUT2D eigenvalue weighted by molar-refractivity contribution is -0.0598. The number of fused-ring (bicyclic) bond motifs is 2. The average molecular weight is 341 g/mol. The van der Waals surface area contributed by atoms with Gasteiger partial charge in [-0.3, -0.25) is 9.78 Å². The van der Waals surface area contributed by atoms with Gasteiger partial charge in [0.05, 0.1) is 25.4 Å². The second-order valence-corrected chi connectivity index (χ2v) is 6.69. The number of ether oxygens (including phenoxy) is 2. The molecular formula is C19H23N3O3. The first-order valence-corrected chi connectivity index (χ1v) is 8.78. The Hall–Kier alpha value is -2.18. The standard InChI is InChI=1S/C19H23N3O3/c1-21-10-2-3-16(21)19(23)22-11-12-24-17-5-4-15(22)18(17)25-13-14-6-8-20-9-7-14/h2-3,6-10,15,17-18H,4-5,11-13H2,1H3/t15-,17-,18-/m0/s1. The first-order chi connectivity index (χ1) is 12.2. The van der Waals surface area contributed by atoms with Gasteiger partial charge in [0, 0.05) is 32.2 Å². The van der Waals surface area contributed by atoms with Crippen LogP contribution in [-0.2, 0) is 23.1 Å². The van der Waals surface area contributed by atoms with E-state index >= 15 is 0 Å². The normalized spacial score (nSPS) is 25.8. The summed E-state index contributed by atoms with van der Waals surface area (Å²) in [6, 6.07) is 7.74. The zero-order chi connectivity index (χ0) is 17.2. The summed E-state index contributed by atoms with van der Waals surface area (Å²) >= 11 is 0. The summed E-state index contributed by atoms with van der Waals surface area (Å²) in [7, 11) is 1.90. The Bertz CT molecular complexity index is 731. The second kappa shape index (κ2) is 6.98. The van der Waals surface area contributed by atoms with E-state index in [1.165, 1.54) is 0 Å². The summed E-state index contributed by atoms with van der Waals surface area (Å²) in [5.74, 6) is 0.0566. The van der Waals surface area contributed by atoms with E-state index in [0.717, 1.165) is 18.4 Å². The van der Waals surface area contributed by atoms with Gasteiger partial charge in [0.25, 0.3) is 5.91 Å². The van der Waals surface area contributed by atoms with Crippen molar-refractivity contribution < 1.29 is 14.3 Å². The SMILES string of the molecule is Cn1cccc1C(=O)N1CCO[C@H]2CC[C@H]1[C@@H]2OCc1ccncc1. The highest BCUT2D eigenvalue weighted by molar-refractivity contribution is 5.93. The Morgan fingerprint density at radius 3 is 2.92 bits per heavy atom. The molecule has 25 heavy (non-hydrogen) atoms. The fourth-order valence-electron chi connectivity index (χ4n) is 3.86. The van der Waals surface area contributed by atoms with Gasteiger partial charge in [-0.1, -0.05) is 0 Å². The van der Waals surface area contributed by atoms with E-state index in [1.54, 1.807) is 12.4 Å². The van der Waals surface area contributed by atoms with Crippen LogP contribution < -0.4 is 0 Å². The van der Waals surface area contributed by atoms with Crippen LogP contribution in [0.1, 0.15) is 28.9 Å². The Morgan fingerprint density at radius 1 is 1.32 bits per heavy atom. The fourth-order valence-corrected chi connectivity index (χ4v) is 3.86. The number of hydrogen-bond donors (Lipinski definition) is 0. The van der Waals surface area contributed by atoms with Crippen molar-refractivity contribution >= 4 is 5.91 Å². The number of carbonyl (C=O) groups excluding carboxylic acids is 1. The predicted molar refractivity (Wildman–Crippen MR) is 92.0 cm³/mol. The van der Waals surface area contributed by atoms with Crippen LogP contribution in [-0.4, -0.2) is 51.8 Å². The minimum atomic E-state index is -0.0834. The van der Waals surface area contributed by atoms with Crippen LogP contribution >= 0.6 is 0 Å². The molecule has 2 aromatic heterocycles. The molecule has 0 N–H and O–H groups in total. The second-order valence-electron chi connectivity index (χ2n) is 6.69. The summed E-state index contributed by atoms with van der Waals surface area (Å²) in [4.78, 5) is 19.0. The van der Waals surface area contributed by atoms with E-state index in [0.29, 0.717) is 25.5 Å². The number of amides is 1. The maximum atomic E-state index is 13.0. The highest BCUT2D eigenvalue weighted by Crippen LogP contribution is 2.33. The summed E-state index contributed by atoms with van der Waals surface area (Å²) < 4.78 is 14.1. The van der Waals surface area contributed by atoms with Crippen LogP contribution in [0.2, 0.25) is 0 Å². The van der Waals surface area contributed by atoms with Gasteiger partial charge in [-0.25, -0.2) is 0 Å². The molecule has 2 fully saturated rings. The molecule has 3 atom stereocenters. The van der Waals surface area contributed by atoms with Crippen molar-refractivity contribution in [3.05, 3.63) is 54.1 Å². The van der Waals surface area contributed by atoms with Crippen LogP contribution in [0.25, 0.3) is 0 Å². The third-order valence-corrected chi connectivity index (χ3v) is 5.17. The monoisotopic (exact) mass is 341 g/mol. The zero-order valence-corrected chi connectivity index (χ0v) is 14.4. The zero-order valence-electron chi connectivity index (χ0n) is 14.4. The summed E-state index contributed by atoms with van der Waals surface area (Å²) in [5.41, 5.74) is 1.79. The number of hydrogen-bond acceptors (Lipinski definition) is 4. The smallest absolute Gasteiger partial charge is 0.270 e. The van der Waals surface area contributed by atoms with Crippen molar-refractivity contribution in [2.24, 2.45) is 7.05 Å². The number of pyridine rings is 1. The molecule has 6 nitrogen and oxygen atoms in total. The van der Waals surface area contributed by atoms with Crippen molar-refractivity contribution in [1.82, 2.24) is 14.5 Å². The molecule has 6 heteroatoms. The lowest BCUT2D eigenvalue weighted by Gasteiger charge is -2.31. The van der Waals surface area contributed by atoms with Gasteiger partial charge in [0.2, 0.25) is 0 Å². The highest BCUT2D eigenvalue weighted by atomic mass is 16.5. The Kier molecular flexibility index (Phi) is 4.55. The molecule has 0 unspecified atom stereocenters. The number of nitrogens with zero attached hydrogens (tertiary/aromatic N) is 3. The van der Waals surface area contributed by atoms with E-state index in [1.807, 2.05) is 47.0 Å². The van der Waals surface area contributed by atoms with E-state index < -0.39 is 0 Å². The van der Waals surface area contributed by atoms with Gasteiger partial charge in [-0.2, -0.15) is 0 Å². The molecule has 1 saturated carbocycles. The van der Waals surface area contributed by atoms with Crippen molar-refractivity contribution in [1.29, 1.82) is 0 Å². The van der Waals surface area contributed by atoms with Gasteiger partial charge in [0.15, 0.2) is 0 Å². The molecule has 132 valence electrons. The molecule has 3 heterocycles. The van der Waals surface area contributed by atoms with E-state index in [4.69, 9.17) is 9.47 Å². The molecule has 2 aromatic rings. The molecule has 1 saturated heterocycles. The lowest BCUT2D eigenvalue weighted by Crippen LogP contribution is -2.46. The van der Waals surface area contributed by atoms with Crippen LogP contribution in [0.4, 0.5) is 0 Å². The lowest BCUT2D eigenvalue weighted by atomic mass is 10.1. The topological polar surface area (TPSA) is 56.6 Å². The first-order valence-electron chi connectivity index (χ1n) is 8.78. The maximum Gasteiger partial charge on any atom is 0.270 e. The third kappa shape index (κ3) is 3.19. The first kappa shape index (κ1) is 16.3. The molecule has 1 aliphatic heterocycles. The van der Waals surface area contributed by atoms with E-state index in [-0.39, 0.29) is 24.2 Å². The minimum absolute atomic E-state index is 0.0566. The molecule has 2 aliphatic rings. The quantitative estimate of drug-likeness (QED) is 0.854. The number of aryl methyl sites for hydroxylation is 1. The Balaban J connectivity index is 1.52. The molecule has 0 spiro atoms. The van der Waals surface area contributed by atoms with Gasteiger partial charge in [0.1, 0.15) is 11.8 Å². The van der Waals surface area contributed by atoms with E-state index in [9.17, 15) is 4.79 Å². The molecule has 0 aromatic carbocycles. The summed E-state index contributed by atoms with van der Waals surface area (Å²) in [6.45, 7) is 1.68. The van der Waals surface area contributed by atoms with Gasteiger partial charge in [-0.15, -0.1) is 0 Å². The average Bonchev–Trinajstić information content (AvgIpc) is 3.17. The molecule has 0 radical (unpaired) electrons. The van der Waals surface area contributed by atoms with Gasteiger partial charge in [-0.05, 0) is 42.7 Å². The highest BCUT2D eigenvalue weighted by Gasteiger charge is 2.45. The van der Waals surface area contributed by atoms with Crippen molar-refractivity contribution in [2.75, 3.05) is 13.2 Å². The number of rotatable bonds is 4. The molecular weight excluding hydrogens is 318 g/mol. The predicted octanol–water partition coefficient (Wildman–Crippen LogP) is 2.01. The van der Waals surface area contributed by atoms with Crippen LogP contribution in [0.5, 0.6) is 0 Å². The Labute approximate surface area is 147 Å². The minimum Gasteiger partial charge on any atom is -0.374 e. The fraction of sp³-hybridized carbons (Fsp3) is 0.474. The van der Waals surface area contributed by atoms with Crippen LogP contribution in [0.15, 0.2) is 42.9 Å². The van der Waals surface area contributed by atoms with Crippen LogP contribution in [0.3, 0.4) is 0 Å². The van der Waals surface area contributed by atoms with Gasteiger partial charge < -0.3 is 18.9 Å². The number of aromatic nitrogens is 2. The maximum absolute atomic E-state index is 13.0. The summed E-state index contributed by atoms with van der Waals surface area (Å²) in [6.07, 6.45) is 7.27. The van der Waals surface area contributed by atoms with Crippen molar-refractivity contribution in [3.63, 3.8) is 0 Å². The molecule has 4 rings (SSSR count). The largest absolute Gasteiger partial charge is 0.374 e. The molecule has 1 aliphatic carbocycles. The third-order valence-electron chi connectivity index (χ3n) is 5.17. The number of carbonyl (C=O) groups is 1. The molecule has 1 amide bonds. The van der Waals surface area contributed by atoms with Crippen LogP contribution in [0, 0.1) is 0 Å².